The molecule has 29 heavy (non-hydrogen) atoms. The number of halogens is 5. The van der Waals surface area contributed by atoms with E-state index in [1.54, 1.807) is 0 Å². The summed E-state index contributed by atoms with van der Waals surface area (Å²) >= 11 is 0. The van der Waals surface area contributed by atoms with Crippen molar-refractivity contribution in [2.75, 3.05) is 0 Å². The third kappa shape index (κ3) is 3.03. The second-order valence-corrected chi connectivity index (χ2v) is 7.93. The van der Waals surface area contributed by atoms with Gasteiger partial charge in [0.1, 0.15) is 23.3 Å². The summed E-state index contributed by atoms with van der Waals surface area (Å²) in [5.41, 5.74) is -1.23. The van der Waals surface area contributed by atoms with Gasteiger partial charge in [0.25, 0.3) is 0 Å². The monoisotopic (exact) mass is 409 g/mol. The third-order valence-electron chi connectivity index (χ3n) is 5.96. The van der Waals surface area contributed by atoms with E-state index < -0.39 is 29.5 Å². The summed E-state index contributed by atoms with van der Waals surface area (Å²) in [7, 11) is 0. The minimum Gasteiger partial charge on any atom is -0.483 e. The van der Waals surface area contributed by atoms with Crippen molar-refractivity contribution in [3.8, 4) is 5.75 Å². The fourth-order valence-electron chi connectivity index (χ4n) is 4.00. The Morgan fingerprint density at radius 2 is 1.93 bits per heavy atom. The van der Waals surface area contributed by atoms with Crippen molar-refractivity contribution in [3.05, 3.63) is 59.0 Å². The topological polar surface area (TPSA) is 39.4 Å². The lowest BCUT2D eigenvalue weighted by molar-refractivity contribution is -0.138. The van der Waals surface area contributed by atoms with Crippen LogP contribution >= 0.6 is 0 Å². The average Bonchev–Trinajstić information content (AvgIpc) is 3.44. The van der Waals surface area contributed by atoms with Crippen LogP contribution in [-0.4, -0.2) is 14.6 Å². The van der Waals surface area contributed by atoms with Gasteiger partial charge in [-0.25, -0.2) is 8.78 Å². The molecule has 2 saturated carbocycles. The van der Waals surface area contributed by atoms with Crippen molar-refractivity contribution in [2.45, 2.75) is 38.5 Å². The molecule has 0 aliphatic heterocycles. The normalized spacial score (nSPS) is 23.7. The molecule has 1 aromatic carbocycles. The van der Waals surface area contributed by atoms with Crippen molar-refractivity contribution in [1.82, 2.24) is 14.6 Å². The molecule has 0 radical (unpaired) electrons. The summed E-state index contributed by atoms with van der Waals surface area (Å²) in [6.45, 7) is 1.37. The SMILES string of the molecule is C[C@H](Oc1ccc(F)cc1F)c1ccn2c(CC34CC3C4)nnc2c1C(F)(F)F. The maximum absolute atomic E-state index is 13.9. The van der Waals surface area contributed by atoms with E-state index in [-0.39, 0.29) is 22.4 Å². The van der Waals surface area contributed by atoms with Crippen molar-refractivity contribution in [2.24, 2.45) is 11.3 Å². The highest BCUT2D eigenvalue weighted by Crippen LogP contribution is 2.76. The summed E-state index contributed by atoms with van der Waals surface area (Å²) in [5.74, 6) is -0.935. The number of ether oxygens (including phenoxy) is 1. The molecule has 0 saturated heterocycles. The van der Waals surface area contributed by atoms with Crippen molar-refractivity contribution in [1.29, 1.82) is 0 Å². The van der Waals surface area contributed by atoms with E-state index in [1.165, 1.54) is 23.6 Å². The first kappa shape index (κ1) is 18.3. The van der Waals surface area contributed by atoms with Crippen molar-refractivity contribution >= 4 is 5.65 Å². The summed E-state index contributed by atoms with van der Waals surface area (Å²) < 4.78 is 75.4. The number of aromatic nitrogens is 3. The molecule has 2 aromatic heterocycles. The van der Waals surface area contributed by atoms with Gasteiger partial charge in [0.2, 0.25) is 0 Å². The minimum atomic E-state index is -4.71. The van der Waals surface area contributed by atoms with Gasteiger partial charge in [-0.2, -0.15) is 13.2 Å². The first-order valence-electron chi connectivity index (χ1n) is 9.23. The van der Waals surface area contributed by atoms with Gasteiger partial charge >= 0.3 is 6.18 Å². The standard InChI is InChI=1S/C20H16F5N3O/c1-10(29-15-3-2-12(21)6-14(15)22)13-4-5-28-16(9-19-7-11(19)8-19)26-27-18(28)17(13)20(23,24)25/h2-6,10-11H,7-9H2,1H3/t10-,11?,19?/m0/s1. The van der Waals surface area contributed by atoms with Crippen molar-refractivity contribution in [3.63, 3.8) is 0 Å². The molecule has 0 spiro atoms. The maximum atomic E-state index is 13.9. The van der Waals surface area contributed by atoms with Crippen LogP contribution in [0.2, 0.25) is 0 Å². The minimum absolute atomic E-state index is 0.193. The van der Waals surface area contributed by atoms with Gasteiger partial charge in [-0.05, 0) is 49.3 Å². The molecule has 4 nitrogen and oxygen atoms in total. The molecule has 0 amide bonds. The number of alkyl halides is 3. The number of fused-ring (bicyclic) bond motifs is 2. The largest absolute Gasteiger partial charge is 0.483 e. The van der Waals surface area contributed by atoms with Crippen LogP contribution in [0.15, 0.2) is 30.5 Å². The van der Waals surface area contributed by atoms with Crippen molar-refractivity contribution < 1.29 is 26.7 Å². The summed E-state index contributed by atoms with van der Waals surface area (Å²) in [5, 5.41) is 7.81. The van der Waals surface area contributed by atoms with Gasteiger partial charge in [0, 0.05) is 24.2 Å². The Bertz CT molecular complexity index is 1120. The molecule has 2 fully saturated rings. The Labute approximate surface area is 162 Å². The number of benzene rings is 1. The molecule has 0 N–H and O–H groups in total. The fraction of sp³-hybridized carbons (Fsp3) is 0.400. The molecule has 0 bridgehead atoms. The van der Waals surface area contributed by atoms with Crippen LogP contribution in [0.5, 0.6) is 5.75 Å². The highest BCUT2D eigenvalue weighted by atomic mass is 19.4. The molecular formula is C20H16F5N3O. The first-order chi connectivity index (χ1) is 13.7. The van der Waals surface area contributed by atoms with Crippen LogP contribution in [-0.2, 0) is 12.6 Å². The number of hydrogen-bond acceptors (Lipinski definition) is 3. The van der Waals surface area contributed by atoms with E-state index in [0.717, 1.165) is 25.0 Å². The number of nitrogens with zero attached hydrogens (tertiary/aromatic N) is 3. The zero-order chi connectivity index (χ0) is 20.6. The molecule has 1 atom stereocenters. The lowest BCUT2D eigenvalue weighted by Crippen LogP contribution is -2.17. The van der Waals surface area contributed by atoms with Gasteiger partial charge in [-0.15, -0.1) is 10.2 Å². The Balaban J connectivity index is 1.53. The molecule has 0 unspecified atom stereocenters. The maximum Gasteiger partial charge on any atom is 0.420 e. The zero-order valence-electron chi connectivity index (χ0n) is 15.3. The summed E-state index contributed by atoms with van der Waals surface area (Å²) in [6.07, 6.45) is -1.55. The van der Waals surface area contributed by atoms with Crippen LogP contribution in [0.25, 0.3) is 5.65 Å². The van der Waals surface area contributed by atoms with Crippen LogP contribution < -0.4 is 4.74 Å². The smallest absolute Gasteiger partial charge is 0.420 e. The van der Waals surface area contributed by atoms with E-state index in [0.29, 0.717) is 24.2 Å². The van der Waals surface area contributed by atoms with Gasteiger partial charge in [0.05, 0.1) is 0 Å². The van der Waals surface area contributed by atoms with Gasteiger partial charge in [-0.3, -0.25) is 4.40 Å². The van der Waals surface area contributed by atoms with Crippen LogP contribution in [0, 0.1) is 23.0 Å². The van der Waals surface area contributed by atoms with E-state index in [1.807, 2.05) is 0 Å². The Morgan fingerprint density at radius 3 is 2.55 bits per heavy atom. The molecular weight excluding hydrogens is 393 g/mol. The van der Waals surface area contributed by atoms with Crippen LogP contribution in [0.4, 0.5) is 22.0 Å². The molecule has 2 aliphatic rings. The zero-order valence-corrected chi connectivity index (χ0v) is 15.3. The number of rotatable bonds is 5. The molecule has 2 aliphatic carbocycles. The number of hydrogen-bond donors (Lipinski definition) is 0. The Hall–Kier alpha value is -2.71. The molecule has 5 rings (SSSR count). The Kier molecular flexibility index (Phi) is 3.73. The quantitative estimate of drug-likeness (QED) is 0.549. The Morgan fingerprint density at radius 1 is 1.21 bits per heavy atom. The lowest BCUT2D eigenvalue weighted by Gasteiger charge is -2.20. The second kappa shape index (κ2) is 5.90. The summed E-state index contributed by atoms with van der Waals surface area (Å²) in [6, 6.07) is 3.93. The summed E-state index contributed by atoms with van der Waals surface area (Å²) in [4.78, 5) is 0. The highest BCUT2D eigenvalue weighted by molar-refractivity contribution is 5.54. The molecule has 152 valence electrons. The van der Waals surface area contributed by atoms with E-state index in [9.17, 15) is 22.0 Å². The lowest BCUT2D eigenvalue weighted by atomic mass is 10.0. The third-order valence-corrected chi connectivity index (χ3v) is 5.96. The van der Waals surface area contributed by atoms with Crippen LogP contribution in [0.1, 0.15) is 42.8 Å². The van der Waals surface area contributed by atoms with E-state index in [4.69, 9.17) is 4.74 Å². The molecule has 2 heterocycles. The van der Waals surface area contributed by atoms with Gasteiger partial charge in [0.15, 0.2) is 17.2 Å². The van der Waals surface area contributed by atoms with Gasteiger partial charge in [-0.1, -0.05) is 0 Å². The fourth-order valence-corrected chi connectivity index (χ4v) is 4.00. The van der Waals surface area contributed by atoms with E-state index >= 15 is 0 Å². The highest BCUT2D eigenvalue weighted by Gasteiger charge is 2.69. The first-order valence-corrected chi connectivity index (χ1v) is 9.23. The van der Waals surface area contributed by atoms with Crippen LogP contribution in [0.3, 0.4) is 0 Å². The molecule has 9 heteroatoms. The van der Waals surface area contributed by atoms with Gasteiger partial charge < -0.3 is 4.74 Å². The second-order valence-electron chi connectivity index (χ2n) is 7.93. The predicted molar refractivity (Wildman–Crippen MR) is 92.3 cm³/mol. The number of pyridine rings is 1. The predicted octanol–water partition coefficient (Wildman–Crippen LogP) is 5.12. The molecule has 3 aromatic rings. The van der Waals surface area contributed by atoms with E-state index in [2.05, 4.69) is 10.2 Å². The average molecular weight is 409 g/mol.